The molecule has 2 amide bonds. The van der Waals surface area contributed by atoms with Crippen LogP contribution in [0.2, 0.25) is 0 Å². The Bertz CT molecular complexity index is 825. The Kier molecular flexibility index (Phi) is 13.2. The van der Waals surface area contributed by atoms with Crippen molar-refractivity contribution in [2.24, 2.45) is 5.73 Å². The number of carbonyl (C=O) groups excluding carboxylic acids is 6. The summed E-state index contributed by atoms with van der Waals surface area (Å²) in [5.74, 6) is -3.81. The molecule has 0 aromatic carbocycles. The summed E-state index contributed by atoms with van der Waals surface area (Å²) in [6.45, 7) is 4.18. The lowest BCUT2D eigenvalue weighted by Gasteiger charge is -2.44. The maximum atomic E-state index is 12.7. The van der Waals surface area contributed by atoms with Crippen molar-refractivity contribution < 1.29 is 52.5 Å². The van der Waals surface area contributed by atoms with Gasteiger partial charge in [0.2, 0.25) is 18.1 Å². The third-order valence-corrected chi connectivity index (χ3v) is 5.12. The van der Waals surface area contributed by atoms with E-state index in [9.17, 15) is 28.8 Å². The summed E-state index contributed by atoms with van der Waals surface area (Å²) in [7, 11) is 0. The molecule has 1 aliphatic heterocycles. The number of rotatable bonds is 12. The standard InChI is InChI=1S/C21H33N3O11S/c1-10(25)31-8-15-18(32-11(2)26)19(33-12(3)27)17(21(35-15)34-13(4)28)24-16(29)6-5-7-23-20(30)14(22)9-36/h14-15,17-19,21,36H,5-9,22H2,1-4H3,(H,23,30)(H,24,29)/t14?,15?,17?,18-,19-,21-/m1/s1. The van der Waals surface area contributed by atoms with Gasteiger partial charge in [0.05, 0.1) is 6.04 Å². The van der Waals surface area contributed by atoms with E-state index in [1.165, 1.54) is 0 Å². The molecule has 1 heterocycles. The van der Waals surface area contributed by atoms with Gasteiger partial charge >= 0.3 is 23.9 Å². The fraction of sp³-hybridized carbons (Fsp3) is 0.714. The molecule has 1 aliphatic rings. The number of amides is 2. The molecule has 4 N–H and O–H groups in total. The SMILES string of the molecule is CC(=O)OCC1O[C@@H](OC(C)=O)C(NC(=O)CCCNC(=O)C(N)CS)[C@@H](OC(C)=O)[C@@H]1OC(C)=O. The van der Waals surface area contributed by atoms with E-state index in [1.54, 1.807) is 0 Å². The number of nitrogens with two attached hydrogens (primary N) is 1. The summed E-state index contributed by atoms with van der Waals surface area (Å²) in [5, 5.41) is 5.14. The minimum Gasteiger partial charge on any atom is -0.463 e. The molecule has 1 fully saturated rings. The van der Waals surface area contributed by atoms with Crippen LogP contribution in [0.3, 0.4) is 0 Å². The summed E-state index contributed by atoms with van der Waals surface area (Å²) in [4.78, 5) is 71.0. The number of thiol groups is 1. The van der Waals surface area contributed by atoms with Gasteiger partial charge in [0.1, 0.15) is 18.8 Å². The van der Waals surface area contributed by atoms with Crippen LogP contribution in [-0.2, 0) is 52.5 Å². The third kappa shape index (κ3) is 10.8. The van der Waals surface area contributed by atoms with Gasteiger partial charge in [-0.2, -0.15) is 12.6 Å². The largest absolute Gasteiger partial charge is 0.463 e. The molecule has 15 heteroatoms. The predicted octanol–water partition coefficient (Wildman–Crippen LogP) is -1.66. The summed E-state index contributed by atoms with van der Waals surface area (Å²) < 4.78 is 26.5. The molecule has 0 radical (unpaired) electrons. The van der Waals surface area contributed by atoms with E-state index in [4.69, 9.17) is 29.4 Å². The third-order valence-electron chi connectivity index (χ3n) is 4.72. The van der Waals surface area contributed by atoms with Gasteiger partial charge in [0.25, 0.3) is 0 Å². The van der Waals surface area contributed by atoms with Crippen LogP contribution in [0.1, 0.15) is 40.5 Å². The molecule has 3 unspecified atom stereocenters. The van der Waals surface area contributed by atoms with Crippen LogP contribution < -0.4 is 16.4 Å². The Morgan fingerprint density at radius 3 is 2.03 bits per heavy atom. The van der Waals surface area contributed by atoms with E-state index in [-0.39, 0.29) is 25.1 Å². The number of hydrogen-bond acceptors (Lipinski definition) is 13. The van der Waals surface area contributed by atoms with Crippen molar-refractivity contribution in [2.45, 2.75) is 77.2 Å². The molecule has 1 saturated heterocycles. The van der Waals surface area contributed by atoms with Crippen molar-refractivity contribution in [3.05, 3.63) is 0 Å². The fourth-order valence-electron chi connectivity index (χ4n) is 3.25. The highest BCUT2D eigenvalue weighted by Crippen LogP contribution is 2.28. The highest BCUT2D eigenvalue weighted by molar-refractivity contribution is 7.80. The van der Waals surface area contributed by atoms with Gasteiger partial charge in [-0.25, -0.2) is 0 Å². The average molecular weight is 536 g/mol. The summed E-state index contributed by atoms with van der Waals surface area (Å²) in [6, 6.07) is -2.07. The molecule has 0 saturated carbocycles. The zero-order chi connectivity index (χ0) is 27.4. The highest BCUT2D eigenvalue weighted by atomic mass is 32.1. The summed E-state index contributed by atoms with van der Waals surface area (Å²) >= 11 is 3.94. The number of hydrogen-bond donors (Lipinski definition) is 4. The van der Waals surface area contributed by atoms with Crippen LogP contribution in [0.5, 0.6) is 0 Å². The first kappa shape index (κ1) is 31.1. The van der Waals surface area contributed by atoms with Gasteiger partial charge in [-0.1, -0.05) is 0 Å². The minimum absolute atomic E-state index is 0.0818. The molecular formula is C21H33N3O11S. The first-order chi connectivity index (χ1) is 16.8. The van der Waals surface area contributed by atoms with E-state index in [2.05, 4.69) is 23.3 Å². The Balaban J connectivity index is 3.08. The van der Waals surface area contributed by atoms with Crippen LogP contribution in [-0.4, -0.2) is 91.3 Å². The van der Waals surface area contributed by atoms with Crippen molar-refractivity contribution in [1.82, 2.24) is 10.6 Å². The van der Waals surface area contributed by atoms with Gasteiger partial charge in [0, 0.05) is 46.4 Å². The molecule has 0 spiro atoms. The summed E-state index contributed by atoms with van der Waals surface area (Å²) in [6.07, 6.45) is -5.19. The van der Waals surface area contributed by atoms with E-state index in [0.29, 0.717) is 0 Å². The van der Waals surface area contributed by atoms with Crippen LogP contribution in [0.4, 0.5) is 0 Å². The molecule has 14 nitrogen and oxygen atoms in total. The van der Waals surface area contributed by atoms with Crippen LogP contribution in [0, 0.1) is 0 Å². The molecule has 0 aliphatic carbocycles. The molecule has 6 atom stereocenters. The number of esters is 4. The van der Waals surface area contributed by atoms with Crippen LogP contribution in [0.25, 0.3) is 0 Å². The van der Waals surface area contributed by atoms with Gasteiger partial charge < -0.3 is 40.1 Å². The fourth-order valence-corrected chi connectivity index (χ4v) is 3.42. The maximum absolute atomic E-state index is 12.7. The Morgan fingerprint density at radius 1 is 0.917 bits per heavy atom. The molecule has 0 aromatic rings. The van der Waals surface area contributed by atoms with Gasteiger partial charge in [0.15, 0.2) is 12.2 Å². The second-order valence-electron chi connectivity index (χ2n) is 7.88. The molecule has 1 rings (SSSR count). The van der Waals surface area contributed by atoms with Gasteiger partial charge in [-0.3, -0.25) is 28.8 Å². The van der Waals surface area contributed by atoms with Crippen molar-refractivity contribution in [3.63, 3.8) is 0 Å². The maximum Gasteiger partial charge on any atom is 0.305 e. The second kappa shape index (κ2) is 15.3. The topological polar surface area (TPSA) is 199 Å². The van der Waals surface area contributed by atoms with E-state index >= 15 is 0 Å². The van der Waals surface area contributed by atoms with Gasteiger partial charge in [-0.15, -0.1) is 0 Å². The van der Waals surface area contributed by atoms with Crippen LogP contribution >= 0.6 is 12.6 Å². The lowest BCUT2D eigenvalue weighted by molar-refractivity contribution is -0.271. The lowest BCUT2D eigenvalue weighted by atomic mass is 9.95. The van der Waals surface area contributed by atoms with E-state index in [1.807, 2.05) is 0 Å². The average Bonchev–Trinajstić information content (AvgIpc) is 2.77. The Hall–Kier alpha value is -2.91. The Morgan fingerprint density at radius 2 is 1.50 bits per heavy atom. The lowest BCUT2D eigenvalue weighted by Crippen LogP contribution is -2.67. The number of carbonyl (C=O) groups is 6. The molecule has 0 bridgehead atoms. The zero-order valence-corrected chi connectivity index (χ0v) is 21.4. The molecule has 204 valence electrons. The quantitative estimate of drug-likeness (QED) is 0.0961. The van der Waals surface area contributed by atoms with E-state index < -0.39 is 79.0 Å². The monoisotopic (exact) mass is 535 g/mol. The first-order valence-corrected chi connectivity index (χ1v) is 11.7. The predicted molar refractivity (Wildman–Crippen MR) is 124 cm³/mol. The first-order valence-electron chi connectivity index (χ1n) is 11.1. The number of ether oxygens (including phenoxy) is 5. The van der Waals surface area contributed by atoms with Crippen molar-refractivity contribution >= 4 is 48.3 Å². The van der Waals surface area contributed by atoms with Crippen molar-refractivity contribution in [1.29, 1.82) is 0 Å². The van der Waals surface area contributed by atoms with Crippen LogP contribution in [0.15, 0.2) is 0 Å². The smallest absolute Gasteiger partial charge is 0.305 e. The highest BCUT2D eigenvalue weighted by Gasteiger charge is 2.52. The molecule has 36 heavy (non-hydrogen) atoms. The van der Waals surface area contributed by atoms with Crippen molar-refractivity contribution in [2.75, 3.05) is 18.9 Å². The van der Waals surface area contributed by atoms with Gasteiger partial charge in [-0.05, 0) is 6.42 Å². The minimum atomic E-state index is -1.48. The summed E-state index contributed by atoms with van der Waals surface area (Å²) in [5.41, 5.74) is 5.56. The van der Waals surface area contributed by atoms with E-state index in [0.717, 1.165) is 27.7 Å². The normalized spacial score (nSPS) is 24.0. The molecular weight excluding hydrogens is 502 g/mol. The number of nitrogens with one attached hydrogen (secondary N) is 2. The second-order valence-corrected chi connectivity index (χ2v) is 8.25. The van der Waals surface area contributed by atoms with Crippen molar-refractivity contribution in [3.8, 4) is 0 Å². The zero-order valence-electron chi connectivity index (χ0n) is 20.5. The Labute approximate surface area is 213 Å². The molecule has 0 aromatic heterocycles.